The Morgan fingerprint density at radius 2 is 1.65 bits per heavy atom. The Labute approximate surface area is 138 Å². The first-order chi connectivity index (χ1) is 10.9. The quantitative estimate of drug-likeness (QED) is 0.883. The van der Waals surface area contributed by atoms with Gasteiger partial charge in [0, 0.05) is 6.54 Å². The van der Waals surface area contributed by atoms with Gasteiger partial charge in [0.05, 0.1) is 0 Å². The molecule has 2 rings (SSSR count). The molecule has 0 aliphatic carbocycles. The van der Waals surface area contributed by atoms with E-state index in [1.54, 1.807) is 0 Å². The van der Waals surface area contributed by atoms with Crippen molar-refractivity contribution in [3.63, 3.8) is 0 Å². The summed E-state index contributed by atoms with van der Waals surface area (Å²) in [5, 5.41) is 2.87. The molecule has 0 saturated heterocycles. The normalized spacial score (nSPS) is 11.1. The van der Waals surface area contributed by atoms with E-state index >= 15 is 0 Å². The van der Waals surface area contributed by atoms with Gasteiger partial charge in [0.25, 0.3) is 5.91 Å². The van der Waals surface area contributed by atoms with Gasteiger partial charge in [-0.15, -0.1) is 0 Å². The van der Waals surface area contributed by atoms with E-state index in [0.29, 0.717) is 6.54 Å². The molecule has 122 valence electrons. The predicted octanol–water partition coefficient (Wildman–Crippen LogP) is 3.72. The fraction of sp³-hybridized carbons (Fsp3) is 0.350. The summed E-state index contributed by atoms with van der Waals surface area (Å²) in [5.74, 6) is 0.622. The van der Waals surface area contributed by atoms with E-state index < -0.39 is 0 Å². The molecule has 0 saturated carbocycles. The van der Waals surface area contributed by atoms with E-state index in [2.05, 4.69) is 38.2 Å². The monoisotopic (exact) mass is 311 g/mol. The molecule has 0 radical (unpaired) electrons. The molecule has 0 heterocycles. The second kappa shape index (κ2) is 7.82. The molecule has 0 atom stereocenters. The van der Waals surface area contributed by atoms with E-state index in [9.17, 15) is 4.79 Å². The number of benzene rings is 2. The summed E-state index contributed by atoms with van der Waals surface area (Å²) < 4.78 is 5.53. The summed E-state index contributed by atoms with van der Waals surface area (Å²) in [7, 11) is 0. The van der Waals surface area contributed by atoms with Gasteiger partial charge in [-0.05, 0) is 35.1 Å². The van der Waals surface area contributed by atoms with Crippen LogP contribution in [0.25, 0.3) is 0 Å². The largest absolute Gasteiger partial charge is 0.484 e. The number of ether oxygens (including phenoxy) is 1. The van der Waals surface area contributed by atoms with Crippen LogP contribution in [0, 0.1) is 0 Å². The SMILES string of the molecule is CC(C)(C)c1ccc(OCC(=O)NCCc2ccccc2)cc1. The van der Waals surface area contributed by atoms with Crippen molar-refractivity contribution in [1.82, 2.24) is 5.32 Å². The molecule has 1 amide bonds. The fourth-order valence-corrected chi connectivity index (χ4v) is 2.24. The zero-order valence-electron chi connectivity index (χ0n) is 14.1. The maximum atomic E-state index is 11.8. The van der Waals surface area contributed by atoms with E-state index in [1.807, 2.05) is 42.5 Å². The Balaban J connectivity index is 1.72. The van der Waals surface area contributed by atoms with Gasteiger partial charge in [-0.25, -0.2) is 0 Å². The van der Waals surface area contributed by atoms with Gasteiger partial charge < -0.3 is 10.1 Å². The topological polar surface area (TPSA) is 38.3 Å². The number of carbonyl (C=O) groups excluding carboxylic acids is 1. The Kier molecular flexibility index (Phi) is 5.80. The molecule has 23 heavy (non-hydrogen) atoms. The average molecular weight is 311 g/mol. The van der Waals surface area contributed by atoms with Gasteiger partial charge in [0.15, 0.2) is 6.61 Å². The summed E-state index contributed by atoms with van der Waals surface area (Å²) in [4.78, 5) is 11.8. The van der Waals surface area contributed by atoms with Gasteiger partial charge in [0.2, 0.25) is 0 Å². The van der Waals surface area contributed by atoms with Gasteiger partial charge >= 0.3 is 0 Å². The van der Waals surface area contributed by atoms with E-state index in [1.165, 1.54) is 11.1 Å². The standard InChI is InChI=1S/C20H25NO2/c1-20(2,3)17-9-11-18(12-10-17)23-15-19(22)21-14-13-16-7-5-4-6-8-16/h4-12H,13-15H2,1-3H3,(H,21,22). The molecular weight excluding hydrogens is 286 g/mol. The maximum Gasteiger partial charge on any atom is 0.257 e. The molecule has 3 nitrogen and oxygen atoms in total. The first kappa shape index (κ1) is 17.1. The highest BCUT2D eigenvalue weighted by Gasteiger charge is 2.13. The summed E-state index contributed by atoms with van der Waals surface area (Å²) in [6, 6.07) is 18.0. The lowest BCUT2D eigenvalue weighted by molar-refractivity contribution is -0.123. The molecule has 3 heteroatoms. The highest BCUT2D eigenvalue weighted by atomic mass is 16.5. The molecule has 2 aromatic carbocycles. The second-order valence-corrected chi connectivity index (χ2v) is 6.65. The van der Waals surface area contributed by atoms with Crippen LogP contribution in [0.2, 0.25) is 0 Å². The summed E-state index contributed by atoms with van der Waals surface area (Å²) in [6.45, 7) is 7.17. The third-order valence-electron chi connectivity index (χ3n) is 3.67. The van der Waals surface area contributed by atoms with Crippen molar-refractivity contribution in [2.45, 2.75) is 32.6 Å². The fourth-order valence-electron chi connectivity index (χ4n) is 2.24. The highest BCUT2D eigenvalue weighted by Crippen LogP contribution is 2.24. The van der Waals surface area contributed by atoms with Crippen LogP contribution in [0.5, 0.6) is 5.75 Å². The lowest BCUT2D eigenvalue weighted by Gasteiger charge is -2.19. The Morgan fingerprint density at radius 1 is 1.00 bits per heavy atom. The zero-order valence-corrected chi connectivity index (χ0v) is 14.1. The van der Waals surface area contributed by atoms with Crippen LogP contribution in [0.15, 0.2) is 54.6 Å². The Morgan fingerprint density at radius 3 is 2.26 bits per heavy atom. The van der Waals surface area contributed by atoms with Gasteiger partial charge in [-0.1, -0.05) is 63.2 Å². The molecule has 0 aliphatic heterocycles. The minimum atomic E-state index is -0.0965. The molecule has 1 N–H and O–H groups in total. The van der Waals surface area contributed by atoms with E-state index in [4.69, 9.17) is 4.74 Å². The van der Waals surface area contributed by atoms with Crippen LogP contribution >= 0.6 is 0 Å². The lowest BCUT2D eigenvalue weighted by Crippen LogP contribution is -2.30. The zero-order chi connectivity index (χ0) is 16.7. The van der Waals surface area contributed by atoms with Crippen molar-refractivity contribution in [2.75, 3.05) is 13.2 Å². The van der Waals surface area contributed by atoms with Crippen molar-refractivity contribution in [3.05, 3.63) is 65.7 Å². The maximum absolute atomic E-state index is 11.8. The summed E-state index contributed by atoms with van der Waals surface area (Å²) >= 11 is 0. The number of hydrogen-bond donors (Lipinski definition) is 1. The molecule has 0 bridgehead atoms. The first-order valence-corrected chi connectivity index (χ1v) is 7.99. The van der Waals surface area contributed by atoms with Crippen molar-refractivity contribution >= 4 is 5.91 Å². The average Bonchev–Trinajstić information content (AvgIpc) is 2.53. The summed E-state index contributed by atoms with van der Waals surface area (Å²) in [5.41, 5.74) is 2.58. The smallest absolute Gasteiger partial charge is 0.257 e. The van der Waals surface area contributed by atoms with Crippen molar-refractivity contribution in [3.8, 4) is 5.75 Å². The van der Waals surface area contributed by atoms with Gasteiger partial charge in [-0.2, -0.15) is 0 Å². The molecule has 2 aromatic rings. The Hall–Kier alpha value is -2.29. The molecular formula is C20H25NO2. The molecule has 0 unspecified atom stereocenters. The van der Waals surface area contributed by atoms with Crippen LogP contribution < -0.4 is 10.1 Å². The second-order valence-electron chi connectivity index (χ2n) is 6.65. The van der Waals surface area contributed by atoms with Crippen molar-refractivity contribution < 1.29 is 9.53 Å². The first-order valence-electron chi connectivity index (χ1n) is 7.99. The number of carbonyl (C=O) groups is 1. The van der Waals surface area contributed by atoms with Gasteiger partial charge in [0.1, 0.15) is 5.75 Å². The summed E-state index contributed by atoms with van der Waals surface area (Å²) in [6.07, 6.45) is 0.826. The van der Waals surface area contributed by atoms with Crippen LogP contribution in [-0.2, 0) is 16.6 Å². The van der Waals surface area contributed by atoms with E-state index in [-0.39, 0.29) is 17.9 Å². The number of amides is 1. The van der Waals surface area contributed by atoms with Crippen LogP contribution in [0.4, 0.5) is 0 Å². The van der Waals surface area contributed by atoms with Crippen LogP contribution in [0.3, 0.4) is 0 Å². The van der Waals surface area contributed by atoms with Crippen molar-refractivity contribution in [2.24, 2.45) is 0 Å². The number of hydrogen-bond acceptors (Lipinski definition) is 2. The van der Waals surface area contributed by atoms with Gasteiger partial charge in [-0.3, -0.25) is 4.79 Å². The number of nitrogens with one attached hydrogen (secondary N) is 1. The van der Waals surface area contributed by atoms with Crippen LogP contribution in [-0.4, -0.2) is 19.1 Å². The minimum Gasteiger partial charge on any atom is -0.484 e. The molecule has 0 spiro atoms. The van der Waals surface area contributed by atoms with Crippen molar-refractivity contribution in [1.29, 1.82) is 0 Å². The molecule has 0 aromatic heterocycles. The third-order valence-corrected chi connectivity index (χ3v) is 3.67. The predicted molar refractivity (Wildman–Crippen MR) is 93.8 cm³/mol. The molecule has 0 fully saturated rings. The van der Waals surface area contributed by atoms with Crippen LogP contribution in [0.1, 0.15) is 31.9 Å². The lowest BCUT2D eigenvalue weighted by atomic mass is 9.87. The highest BCUT2D eigenvalue weighted by molar-refractivity contribution is 5.77. The third kappa shape index (κ3) is 5.78. The number of rotatable bonds is 6. The molecule has 0 aliphatic rings. The Bertz CT molecular complexity index is 612. The van der Waals surface area contributed by atoms with E-state index in [0.717, 1.165) is 12.2 Å². The minimum absolute atomic E-state index is 0.0453.